The lowest BCUT2D eigenvalue weighted by molar-refractivity contribution is 0.411. The van der Waals surface area contributed by atoms with Gasteiger partial charge in [0.2, 0.25) is 0 Å². The molecule has 0 saturated heterocycles. The van der Waals surface area contributed by atoms with E-state index in [-0.39, 0.29) is 5.82 Å². The Kier molecular flexibility index (Phi) is 4.32. The SMILES string of the molecule is COc1cc(F)cc(-c2nccc3[nH]c(-c4n[nH]c5cnc(-c6cnccn6)cc45)cc23)c1. The maximum Gasteiger partial charge on any atom is 0.127 e. The van der Waals surface area contributed by atoms with E-state index in [1.54, 1.807) is 37.1 Å². The Morgan fingerprint density at radius 2 is 1.73 bits per heavy atom. The molecule has 2 N–H and O–H groups in total. The predicted molar refractivity (Wildman–Crippen MR) is 122 cm³/mol. The number of aromatic amines is 2. The summed E-state index contributed by atoms with van der Waals surface area (Å²) in [5.74, 6) is 0.0446. The van der Waals surface area contributed by atoms with Crippen LogP contribution in [-0.2, 0) is 0 Å². The Morgan fingerprint density at radius 3 is 2.58 bits per heavy atom. The minimum atomic E-state index is -0.388. The fraction of sp³-hybridized carbons (Fsp3) is 0.0417. The third kappa shape index (κ3) is 3.26. The highest BCUT2D eigenvalue weighted by Gasteiger charge is 2.16. The molecule has 8 nitrogen and oxygen atoms in total. The molecule has 0 fully saturated rings. The molecule has 0 aliphatic rings. The molecule has 0 saturated carbocycles. The average Bonchev–Trinajstić information content (AvgIpc) is 3.47. The Bertz CT molecular complexity index is 1620. The van der Waals surface area contributed by atoms with E-state index in [1.807, 2.05) is 18.2 Å². The maximum absolute atomic E-state index is 14.1. The number of hydrogen-bond acceptors (Lipinski definition) is 6. The van der Waals surface area contributed by atoms with Crippen LogP contribution in [0, 0.1) is 5.82 Å². The summed E-state index contributed by atoms with van der Waals surface area (Å²) >= 11 is 0. The molecule has 0 spiro atoms. The van der Waals surface area contributed by atoms with Crippen LogP contribution in [0.4, 0.5) is 4.39 Å². The number of halogens is 1. The molecular formula is C24H16FN7O. The van der Waals surface area contributed by atoms with Crippen LogP contribution in [0.3, 0.4) is 0 Å². The van der Waals surface area contributed by atoms with Crippen molar-refractivity contribution in [3.8, 4) is 39.8 Å². The molecule has 5 aromatic heterocycles. The number of rotatable bonds is 4. The molecule has 33 heavy (non-hydrogen) atoms. The van der Waals surface area contributed by atoms with Gasteiger partial charge in [0, 0.05) is 46.5 Å². The lowest BCUT2D eigenvalue weighted by Crippen LogP contribution is -1.89. The molecule has 0 bridgehead atoms. The number of nitrogens with zero attached hydrogens (tertiary/aromatic N) is 5. The van der Waals surface area contributed by atoms with Gasteiger partial charge in [-0.05, 0) is 30.3 Å². The number of nitrogens with one attached hydrogen (secondary N) is 2. The Morgan fingerprint density at radius 1 is 0.818 bits per heavy atom. The second kappa shape index (κ2) is 7.49. The monoisotopic (exact) mass is 437 g/mol. The maximum atomic E-state index is 14.1. The summed E-state index contributed by atoms with van der Waals surface area (Å²) in [7, 11) is 1.51. The summed E-state index contributed by atoms with van der Waals surface area (Å²) < 4.78 is 19.4. The van der Waals surface area contributed by atoms with Crippen molar-refractivity contribution in [1.82, 2.24) is 35.1 Å². The Labute approximate surface area is 186 Å². The van der Waals surface area contributed by atoms with Crippen LogP contribution in [0.2, 0.25) is 0 Å². The average molecular weight is 437 g/mol. The molecule has 0 radical (unpaired) electrons. The third-order valence-corrected chi connectivity index (χ3v) is 5.46. The minimum Gasteiger partial charge on any atom is -0.497 e. The molecule has 9 heteroatoms. The number of pyridine rings is 2. The van der Waals surface area contributed by atoms with Crippen LogP contribution < -0.4 is 4.74 Å². The van der Waals surface area contributed by atoms with Gasteiger partial charge >= 0.3 is 0 Å². The van der Waals surface area contributed by atoms with Gasteiger partial charge in [0.25, 0.3) is 0 Å². The molecule has 0 aliphatic heterocycles. The molecule has 5 heterocycles. The highest BCUT2D eigenvalue weighted by Crippen LogP contribution is 2.34. The van der Waals surface area contributed by atoms with E-state index >= 15 is 0 Å². The number of H-pyrrole nitrogens is 2. The number of benzene rings is 1. The number of methoxy groups -OCH3 is 1. The van der Waals surface area contributed by atoms with E-state index in [0.717, 1.165) is 33.2 Å². The quantitative estimate of drug-likeness (QED) is 0.411. The Balaban J connectivity index is 1.50. The molecule has 0 unspecified atom stereocenters. The zero-order chi connectivity index (χ0) is 22.4. The van der Waals surface area contributed by atoms with Crippen molar-refractivity contribution in [1.29, 1.82) is 0 Å². The second-order valence-electron chi connectivity index (χ2n) is 7.46. The summed E-state index contributed by atoms with van der Waals surface area (Å²) in [5, 5.41) is 9.27. The fourth-order valence-electron chi connectivity index (χ4n) is 3.92. The number of ether oxygens (including phenoxy) is 1. The molecule has 6 aromatic rings. The van der Waals surface area contributed by atoms with Crippen molar-refractivity contribution in [3.05, 3.63) is 73.2 Å². The summed E-state index contributed by atoms with van der Waals surface area (Å²) in [6.07, 6.45) is 8.33. The van der Waals surface area contributed by atoms with Crippen LogP contribution in [0.25, 0.3) is 55.8 Å². The zero-order valence-electron chi connectivity index (χ0n) is 17.4. The van der Waals surface area contributed by atoms with Gasteiger partial charge in [-0.1, -0.05) is 0 Å². The topological polar surface area (TPSA) is 105 Å². The summed E-state index contributed by atoms with van der Waals surface area (Å²) in [5.41, 5.74) is 5.83. The summed E-state index contributed by atoms with van der Waals surface area (Å²) in [4.78, 5) is 20.8. The van der Waals surface area contributed by atoms with E-state index in [9.17, 15) is 4.39 Å². The largest absolute Gasteiger partial charge is 0.497 e. The number of hydrogen-bond donors (Lipinski definition) is 2. The van der Waals surface area contributed by atoms with Gasteiger partial charge in [-0.2, -0.15) is 5.10 Å². The first-order valence-electron chi connectivity index (χ1n) is 10.1. The van der Waals surface area contributed by atoms with Crippen LogP contribution in [0.15, 0.2) is 67.4 Å². The van der Waals surface area contributed by atoms with Crippen molar-refractivity contribution in [2.24, 2.45) is 0 Å². The molecule has 160 valence electrons. The van der Waals surface area contributed by atoms with Gasteiger partial charge in [-0.15, -0.1) is 0 Å². The smallest absolute Gasteiger partial charge is 0.127 e. The van der Waals surface area contributed by atoms with Crippen LogP contribution >= 0.6 is 0 Å². The first-order valence-corrected chi connectivity index (χ1v) is 10.1. The van der Waals surface area contributed by atoms with Crippen molar-refractivity contribution in [2.45, 2.75) is 0 Å². The third-order valence-electron chi connectivity index (χ3n) is 5.46. The summed E-state index contributed by atoms with van der Waals surface area (Å²) in [6.45, 7) is 0. The van der Waals surface area contributed by atoms with Crippen LogP contribution in [-0.4, -0.2) is 42.2 Å². The first-order chi connectivity index (χ1) is 16.2. The second-order valence-corrected chi connectivity index (χ2v) is 7.46. The summed E-state index contributed by atoms with van der Waals surface area (Å²) in [6, 6.07) is 10.3. The normalized spacial score (nSPS) is 11.3. The van der Waals surface area contributed by atoms with Crippen molar-refractivity contribution in [2.75, 3.05) is 7.11 Å². The predicted octanol–water partition coefficient (Wildman–Crippen LogP) is 4.77. The van der Waals surface area contributed by atoms with E-state index in [2.05, 4.69) is 35.1 Å². The van der Waals surface area contributed by atoms with E-state index < -0.39 is 0 Å². The standard InChI is InChI=1S/C24H16FN7O/c1-33-15-7-13(6-14(25)8-15)23-16-10-20(30-18(16)2-3-28-23)24-17-9-19(22-11-26-4-5-27-22)29-12-21(17)31-32-24/h2-12,30H,1H3,(H,31,32). The van der Waals surface area contributed by atoms with E-state index in [1.165, 1.54) is 19.2 Å². The fourth-order valence-corrected chi connectivity index (χ4v) is 3.92. The minimum absolute atomic E-state index is 0.388. The molecule has 6 rings (SSSR count). The van der Waals surface area contributed by atoms with Gasteiger partial charge < -0.3 is 9.72 Å². The van der Waals surface area contributed by atoms with Crippen molar-refractivity contribution >= 4 is 21.8 Å². The van der Waals surface area contributed by atoms with Crippen molar-refractivity contribution in [3.63, 3.8) is 0 Å². The van der Waals surface area contributed by atoms with Crippen molar-refractivity contribution < 1.29 is 9.13 Å². The molecule has 0 aliphatic carbocycles. The van der Waals surface area contributed by atoms with Crippen LogP contribution in [0.1, 0.15) is 0 Å². The van der Waals surface area contributed by atoms with E-state index in [0.29, 0.717) is 28.4 Å². The number of aromatic nitrogens is 7. The Hall–Kier alpha value is -4.66. The molecule has 0 amide bonds. The van der Waals surface area contributed by atoms with Gasteiger partial charge in [-0.25, -0.2) is 4.39 Å². The highest BCUT2D eigenvalue weighted by atomic mass is 19.1. The van der Waals surface area contributed by atoms with Crippen LogP contribution in [0.5, 0.6) is 5.75 Å². The zero-order valence-corrected chi connectivity index (χ0v) is 17.4. The first kappa shape index (κ1) is 19.1. The lowest BCUT2D eigenvalue weighted by atomic mass is 10.1. The number of fused-ring (bicyclic) bond motifs is 2. The molecule has 0 atom stereocenters. The highest BCUT2D eigenvalue weighted by molar-refractivity contribution is 6.00. The molecular weight excluding hydrogens is 421 g/mol. The lowest BCUT2D eigenvalue weighted by Gasteiger charge is -2.06. The van der Waals surface area contributed by atoms with Gasteiger partial charge in [-0.3, -0.25) is 25.0 Å². The van der Waals surface area contributed by atoms with Gasteiger partial charge in [0.1, 0.15) is 23.0 Å². The van der Waals surface area contributed by atoms with Gasteiger partial charge in [0.15, 0.2) is 0 Å². The van der Waals surface area contributed by atoms with E-state index in [4.69, 9.17) is 4.74 Å². The molecule has 1 aromatic carbocycles. The van der Waals surface area contributed by atoms with Gasteiger partial charge in [0.05, 0.1) is 42.1 Å².